The lowest BCUT2D eigenvalue weighted by molar-refractivity contribution is -0.0782. The first-order valence-corrected chi connectivity index (χ1v) is 16.2. The van der Waals surface area contributed by atoms with Gasteiger partial charge in [0.15, 0.2) is 0 Å². The number of nitrogens with one attached hydrogen (secondary N) is 2. The Morgan fingerprint density at radius 1 is 0.714 bits per heavy atom. The average molecular weight is 671 g/mol. The molecule has 2 amide bonds. The number of carbonyl (C=O) groups is 2. The lowest BCUT2D eigenvalue weighted by Crippen LogP contribution is -2.42. The summed E-state index contributed by atoms with van der Waals surface area (Å²) in [5.41, 5.74) is 4.67. The van der Waals surface area contributed by atoms with Crippen LogP contribution in [0, 0.1) is 5.41 Å². The second kappa shape index (κ2) is 19.3. The first-order chi connectivity index (χ1) is 23.5. The van der Waals surface area contributed by atoms with Crippen molar-refractivity contribution in [2.24, 2.45) is 5.41 Å². The summed E-state index contributed by atoms with van der Waals surface area (Å²) in [7, 11) is 1.58. The predicted molar refractivity (Wildman–Crippen MR) is 196 cm³/mol. The van der Waals surface area contributed by atoms with Gasteiger partial charge >= 0.3 is 12.2 Å². The molecule has 3 aromatic rings. The van der Waals surface area contributed by atoms with Crippen molar-refractivity contribution >= 4 is 23.6 Å². The number of methoxy groups -OCH3 is 1. The van der Waals surface area contributed by atoms with Gasteiger partial charge in [0.2, 0.25) is 0 Å². The summed E-state index contributed by atoms with van der Waals surface area (Å²) >= 11 is 0. The van der Waals surface area contributed by atoms with E-state index in [9.17, 15) is 9.59 Å². The lowest BCUT2D eigenvalue weighted by Gasteiger charge is -2.31. The molecule has 0 radical (unpaired) electrons. The van der Waals surface area contributed by atoms with Crippen molar-refractivity contribution in [2.45, 2.75) is 39.0 Å². The molecule has 0 fully saturated rings. The van der Waals surface area contributed by atoms with E-state index >= 15 is 0 Å². The smallest absolute Gasteiger partial charge is 0.417 e. The van der Waals surface area contributed by atoms with Crippen molar-refractivity contribution in [3.63, 3.8) is 0 Å². The number of hydrogen-bond donors (Lipinski definition) is 2. The van der Waals surface area contributed by atoms with Crippen LogP contribution in [0.15, 0.2) is 105 Å². The van der Waals surface area contributed by atoms with Crippen LogP contribution in [0.1, 0.15) is 43.0 Å². The van der Waals surface area contributed by atoms with Gasteiger partial charge in [-0.15, -0.1) is 19.7 Å². The number of hydrogen-bond acceptors (Lipinski definition) is 7. The van der Waals surface area contributed by atoms with E-state index in [4.69, 9.17) is 23.7 Å². The second-order valence-corrected chi connectivity index (χ2v) is 12.9. The maximum Gasteiger partial charge on any atom is 0.417 e. The van der Waals surface area contributed by atoms with Crippen molar-refractivity contribution in [3.05, 3.63) is 127 Å². The summed E-state index contributed by atoms with van der Waals surface area (Å²) < 4.78 is 28.0. The minimum absolute atomic E-state index is 0.0206. The van der Waals surface area contributed by atoms with E-state index in [0.29, 0.717) is 43.2 Å². The van der Waals surface area contributed by atoms with Gasteiger partial charge in [0, 0.05) is 18.5 Å². The van der Waals surface area contributed by atoms with Crippen LogP contribution in [0.25, 0.3) is 0 Å². The fraction of sp³-hybridized carbons (Fsp3) is 0.350. The van der Waals surface area contributed by atoms with Crippen molar-refractivity contribution in [1.29, 1.82) is 0 Å². The Balaban J connectivity index is 1.53. The van der Waals surface area contributed by atoms with E-state index in [1.807, 2.05) is 60.7 Å². The average Bonchev–Trinajstić information content (AvgIpc) is 3.06. The Morgan fingerprint density at radius 2 is 1.27 bits per heavy atom. The summed E-state index contributed by atoms with van der Waals surface area (Å²) in [6.45, 7) is 19.1. The Bertz CT molecular complexity index is 1510. The highest BCUT2D eigenvalue weighted by molar-refractivity contribution is 5.86. The fourth-order valence-corrected chi connectivity index (χ4v) is 5.00. The number of anilines is 2. The number of benzene rings is 3. The van der Waals surface area contributed by atoms with Gasteiger partial charge in [-0.05, 0) is 70.8 Å². The molecule has 0 heterocycles. The largest absolute Gasteiger partial charge is 0.448 e. The van der Waals surface area contributed by atoms with E-state index in [2.05, 4.69) is 57.2 Å². The summed E-state index contributed by atoms with van der Waals surface area (Å²) in [5.74, 6) is 0.509. The Morgan fingerprint density at radius 3 is 1.76 bits per heavy atom. The van der Waals surface area contributed by atoms with E-state index in [0.717, 1.165) is 22.3 Å². The summed E-state index contributed by atoms with van der Waals surface area (Å²) in [6.07, 6.45) is 5.20. The molecule has 3 aromatic carbocycles. The quantitative estimate of drug-likeness (QED) is 0.0974. The van der Waals surface area contributed by atoms with Gasteiger partial charge in [-0.3, -0.25) is 10.6 Å². The van der Waals surface area contributed by atoms with Gasteiger partial charge in [0.1, 0.15) is 12.4 Å². The van der Waals surface area contributed by atoms with E-state index in [-0.39, 0.29) is 31.8 Å². The Hall–Kier alpha value is -4.70. The van der Waals surface area contributed by atoms with Crippen molar-refractivity contribution in [2.75, 3.05) is 57.4 Å². The van der Waals surface area contributed by atoms with Gasteiger partial charge in [-0.2, -0.15) is 0 Å². The molecule has 49 heavy (non-hydrogen) atoms. The zero-order valence-corrected chi connectivity index (χ0v) is 29.2. The molecule has 0 atom stereocenters. The Kier molecular flexibility index (Phi) is 15.3. The van der Waals surface area contributed by atoms with Crippen LogP contribution in [0.3, 0.4) is 0 Å². The molecule has 9 heteroatoms. The van der Waals surface area contributed by atoms with Gasteiger partial charge < -0.3 is 23.7 Å². The maximum atomic E-state index is 12.7. The second-order valence-electron chi connectivity index (χ2n) is 12.9. The monoisotopic (exact) mass is 670 g/mol. The van der Waals surface area contributed by atoms with Crippen molar-refractivity contribution < 1.29 is 33.3 Å². The molecule has 9 nitrogen and oxygen atoms in total. The minimum Gasteiger partial charge on any atom is -0.448 e. The third kappa shape index (κ3) is 13.0. The van der Waals surface area contributed by atoms with Gasteiger partial charge in [-0.25, -0.2) is 9.59 Å². The third-order valence-corrected chi connectivity index (χ3v) is 7.55. The molecule has 0 spiro atoms. The van der Waals surface area contributed by atoms with Crippen LogP contribution >= 0.6 is 0 Å². The number of ether oxygens (including phenoxy) is 5. The molecule has 0 aliphatic heterocycles. The summed E-state index contributed by atoms with van der Waals surface area (Å²) in [4.78, 5) is 25.4. The SMILES string of the molecule is C=CCOCC(COC)(COCC=C)COC(=O)Nc1ccc(Cc2ccc(NC(=O)Oc3ccc(C(C)(C)C)cc3CC=C)cc2)cc1. The maximum absolute atomic E-state index is 12.7. The number of rotatable bonds is 19. The van der Waals surface area contributed by atoms with Crippen LogP contribution in [-0.2, 0) is 37.2 Å². The molecular formula is C40H50N2O7. The predicted octanol–water partition coefficient (Wildman–Crippen LogP) is 8.50. The first kappa shape index (κ1) is 38.7. The molecule has 2 N–H and O–H groups in total. The molecule has 0 saturated heterocycles. The summed E-state index contributed by atoms with van der Waals surface area (Å²) in [6, 6.07) is 21.0. The van der Waals surface area contributed by atoms with Crippen LogP contribution in [0.5, 0.6) is 5.75 Å². The number of amides is 2. The zero-order valence-electron chi connectivity index (χ0n) is 29.2. The van der Waals surface area contributed by atoms with Crippen LogP contribution in [0.4, 0.5) is 21.0 Å². The lowest BCUT2D eigenvalue weighted by atomic mass is 9.85. The van der Waals surface area contributed by atoms with Gasteiger partial charge in [0.25, 0.3) is 0 Å². The molecule has 0 aromatic heterocycles. The molecule has 0 saturated carbocycles. The topological polar surface area (TPSA) is 104 Å². The Labute approximate surface area is 290 Å². The molecule has 262 valence electrons. The molecule has 0 aliphatic carbocycles. The molecule has 3 rings (SSSR count). The van der Waals surface area contributed by atoms with Crippen molar-refractivity contribution in [3.8, 4) is 5.75 Å². The number of allylic oxidation sites excluding steroid dienone is 1. The third-order valence-electron chi connectivity index (χ3n) is 7.55. The van der Waals surface area contributed by atoms with E-state index in [1.165, 1.54) is 0 Å². The van der Waals surface area contributed by atoms with E-state index < -0.39 is 17.6 Å². The van der Waals surface area contributed by atoms with Gasteiger partial charge in [-0.1, -0.05) is 75.4 Å². The standard InChI is InChI=1S/C40H50N2O7/c1-8-11-32-25-33(39(4,5)6)16-21-36(32)49-38(44)42-35-19-14-31(15-20-35)24-30-12-17-34(18-13-30)41-37(43)48-29-40(26-45-7,27-46-22-9-2)28-47-23-10-3/h8-10,12-21,25H,1-3,11,22-24,26-29H2,4-7H3,(H,41,43)(H,42,44). The van der Waals surface area contributed by atoms with E-state index in [1.54, 1.807) is 25.3 Å². The fourth-order valence-electron chi connectivity index (χ4n) is 5.00. The molecule has 0 bridgehead atoms. The van der Waals surface area contributed by atoms with Crippen LogP contribution < -0.4 is 15.4 Å². The zero-order chi connectivity index (χ0) is 35.7. The van der Waals surface area contributed by atoms with Crippen LogP contribution in [0.2, 0.25) is 0 Å². The molecule has 0 aliphatic rings. The summed E-state index contributed by atoms with van der Waals surface area (Å²) in [5, 5.41) is 5.58. The highest BCUT2D eigenvalue weighted by atomic mass is 16.6. The highest BCUT2D eigenvalue weighted by Crippen LogP contribution is 2.29. The first-order valence-electron chi connectivity index (χ1n) is 16.2. The number of carbonyl (C=O) groups excluding carboxylic acids is 2. The van der Waals surface area contributed by atoms with Crippen molar-refractivity contribution in [1.82, 2.24) is 0 Å². The van der Waals surface area contributed by atoms with Crippen LogP contribution in [-0.4, -0.2) is 58.9 Å². The molecule has 0 unspecified atom stereocenters. The van der Waals surface area contributed by atoms with Gasteiger partial charge in [0.05, 0.1) is 38.4 Å². The highest BCUT2D eigenvalue weighted by Gasteiger charge is 2.33. The molecular weight excluding hydrogens is 620 g/mol. The minimum atomic E-state index is -0.694. The normalized spacial score (nSPS) is 11.3.